The summed E-state index contributed by atoms with van der Waals surface area (Å²) in [6, 6.07) is 0. The van der Waals surface area contributed by atoms with Crippen molar-refractivity contribution in [2.45, 2.75) is 77.9 Å². The van der Waals surface area contributed by atoms with Gasteiger partial charge in [-0.2, -0.15) is 0 Å². The normalized spacial score (nSPS) is 17.2. The van der Waals surface area contributed by atoms with E-state index in [4.69, 9.17) is 9.72 Å². The van der Waals surface area contributed by atoms with Gasteiger partial charge in [0, 0.05) is 25.1 Å². The van der Waals surface area contributed by atoms with Crippen molar-refractivity contribution in [1.82, 2.24) is 4.98 Å². The maximum atomic E-state index is 12.4. The van der Waals surface area contributed by atoms with Gasteiger partial charge in [-0.05, 0) is 88.0 Å². The first-order valence-electron chi connectivity index (χ1n) is 9.15. The summed E-state index contributed by atoms with van der Waals surface area (Å²) in [5.74, 6) is -0.943. The van der Waals surface area contributed by atoms with E-state index in [1.165, 1.54) is 23.3 Å². The molecule has 1 aliphatic carbocycles. The molecule has 1 aliphatic rings. The lowest BCUT2D eigenvalue weighted by Crippen LogP contribution is -2.45. The van der Waals surface area contributed by atoms with Crippen LogP contribution in [0.3, 0.4) is 0 Å². The molecule has 0 radical (unpaired) electrons. The van der Waals surface area contributed by atoms with E-state index >= 15 is 0 Å². The van der Waals surface area contributed by atoms with Crippen LogP contribution in [-0.4, -0.2) is 21.7 Å². The zero-order valence-electron chi connectivity index (χ0n) is 16.0. The summed E-state index contributed by atoms with van der Waals surface area (Å²) < 4.78 is 7.21. The molecule has 0 amide bonds. The zero-order chi connectivity index (χ0) is 19.3. The fraction of sp³-hybridized carbons (Fsp3) is 0.600. The van der Waals surface area contributed by atoms with Crippen LogP contribution < -0.4 is 0 Å². The summed E-state index contributed by atoms with van der Waals surface area (Å²) >= 11 is 4.10. The lowest BCUT2D eigenvalue weighted by atomic mass is 9.87. The molecular formula is C20H26INO3S. The van der Waals surface area contributed by atoms with Crippen LogP contribution in [0.5, 0.6) is 0 Å². The minimum Gasteiger partial charge on any atom is -0.479 e. The molecule has 2 heterocycles. The molecule has 0 saturated carbocycles. The largest absolute Gasteiger partial charge is 0.479 e. The van der Waals surface area contributed by atoms with Crippen LogP contribution in [0.4, 0.5) is 0 Å². The summed E-state index contributed by atoms with van der Waals surface area (Å²) in [5.41, 5.74) is 0.896. The quantitative estimate of drug-likeness (QED) is 0.571. The van der Waals surface area contributed by atoms with Gasteiger partial charge in [0.25, 0.3) is 0 Å². The molecule has 26 heavy (non-hydrogen) atoms. The summed E-state index contributed by atoms with van der Waals surface area (Å²) in [5, 5.41) is 11.4. The van der Waals surface area contributed by atoms with Crippen molar-refractivity contribution in [1.29, 1.82) is 0 Å². The van der Waals surface area contributed by atoms with Crippen molar-refractivity contribution in [2.75, 3.05) is 0 Å². The van der Waals surface area contributed by atoms with E-state index in [0.717, 1.165) is 37.9 Å². The topological polar surface area (TPSA) is 59.4 Å². The third-order valence-electron chi connectivity index (χ3n) is 4.95. The first kappa shape index (κ1) is 20.0. The number of carbonyl (C=O) groups is 1. The number of fused-ring (bicyclic) bond motifs is 3. The number of carboxylic acid groups (broad SMARTS) is 1. The minimum atomic E-state index is -1.39. The Morgan fingerprint density at radius 2 is 1.96 bits per heavy atom. The van der Waals surface area contributed by atoms with E-state index in [1.54, 1.807) is 11.3 Å². The number of carboxylic acids is 1. The SMILES string of the molecule is CCC(OC(C)(C)C)(C(=O)O)c1c(C)nc2sc3c(c2c1I)CCCC3. The third kappa shape index (κ3) is 3.29. The highest BCUT2D eigenvalue weighted by Gasteiger charge is 2.46. The number of hydrogen-bond donors (Lipinski definition) is 1. The van der Waals surface area contributed by atoms with Crippen LogP contribution >= 0.6 is 33.9 Å². The molecule has 2 aromatic rings. The average Bonchev–Trinajstić information content (AvgIpc) is 2.90. The molecule has 0 saturated heterocycles. The van der Waals surface area contributed by atoms with Crippen LogP contribution in [0.25, 0.3) is 10.2 Å². The van der Waals surface area contributed by atoms with Gasteiger partial charge < -0.3 is 9.84 Å². The second-order valence-corrected chi connectivity index (χ2v) is 10.1. The van der Waals surface area contributed by atoms with Gasteiger partial charge in [0.15, 0.2) is 5.60 Å². The lowest BCUT2D eigenvalue weighted by molar-refractivity contribution is -0.189. The third-order valence-corrected chi connectivity index (χ3v) is 7.21. The van der Waals surface area contributed by atoms with Gasteiger partial charge >= 0.3 is 5.97 Å². The molecule has 3 rings (SSSR count). The van der Waals surface area contributed by atoms with E-state index < -0.39 is 17.2 Å². The van der Waals surface area contributed by atoms with Crippen molar-refractivity contribution in [3.63, 3.8) is 0 Å². The first-order valence-corrected chi connectivity index (χ1v) is 11.0. The van der Waals surface area contributed by atoms with Gasteiger partial charge in [0.2, 0.25) is 0 Å². The van der Waals surface area contributed by atoms with Crippen molar-refractivity contribution < 1.29 is 14.6 Å². The number of aliphatic carboxylic acids is 1. The molecule has 1 N–H and O–H groups in total. The molecule has 0 aliphatic heterocycles. The van der Waals surface area contributed by atoms with Crippen LogP contribution in [0.2, 0.25) is 0 Å². The maximum absolute atomic E-state index is 12.4. The summed E-state index contributed by atoms with van der Waals surface area (Å²) in [7, 11) is 0. The monoisotopic (exact) mass is 487 g/mol. The molecule has 6 heteroatoms. The van der Waals surface area contributed by atoms with Crippen molar-refractivity contribution >= 4 is 50.1 Å². The Hall–Kier alpha value is -0.730. The maximum Gasteiger partial charge on any atom is 0.340 e. The number of thiophene rings is 1. The van der Waals surface area contributed by atoms with Gasteiger partial charge in [0.05, 0.1) is 5.60 Å². The van der Waals surface area contributed by atoms with E-state index in [0.29, 0.717) is 6.42 Å². The number of aryl methyl sites for hydroxylation is 3. The second-order valence-electron chi connectivity index (χ2n) is 7.98. The minimum absolute atomic E-state index is 0.357. The number of ether oxygens (including phenoxy) is 1. The van der Waals surface area contributed by atoms with E-state index in [-0.39, 0.29) is 0 Å². The zero-order valence-corrected chi connectivity index (χ0v) is 19.0. The Morgan fingerprint density at radius 3 is 2.54 bits per heavy atom. The number of nitrogens with zero attached hydrogens (tertiary/aromatic N) is 1. The molecule has 142 valence electrons. The summed E-state index contributed by atoms with van der Waals surface area (Å²) in [6.45, 7) is 9.50. The Bertz CT molecular complexity index is 868. The smallest absolute Gasteiger partial charge is 0.340 e. The molecule has 0 aromatic carbocycles. The molecule has 0 fully saturated rings. The van der Waals surface area contributed by atoms with Crippen LogP contribution in [0.15, 0.2) is 0 Å². The summed E-state index contributed by atoms with van der Waals surface area (Å²) in [6.07, 6.45) is 4.94. The number of aromatic nitrogens is 1. The molecule has 1 unspecified atom stereocenters. The predicted molar refractivity (Wildman–Crippen MR) is 114 cm³/mol. The fourth-order valence-corrected chi connectivity index (χ4v) is 6.85. The van der Waals surface area contributed by atoms with Crippen LogP contribution in [0.1, 0.15) is 68.7 Å². The van der Waals surface area contributed by atoms with Gasteiger partial charge in [0.1, 0.15) is 4.83 Å². The molecule has 0 spiro atoms. The predicted octanol–water partition coefficient (Wildman–Crippen LogP) is 5.59. The lowest BCUT2D eigenvalue weighted by Gasteiger charge is -2.37. The van der Waals surface area contributed by atoms with Gasteiger partial charge in [-0.1, -0.05) is 6.92 Å². The van der Waals surface area contributed by atoms with Crippen molar-refractivity contribution in [2.24, 2.45) is 0 Å². The molecule has 0 bridgehead atoms. The van der Waals surface area contributed by atoms with Gasteiger partial charge in [-0.3, -0.25) is 0 Å². The molecular weight excluding hydrogens is 461 g/mol. The Kier molecular flexibility index (Phi) is 5.40. The van der Waals surface area contributed by atoms with Crippen LogP contribution in [0, 0.1) is 10.5 Å². The van der Waals surface area contributed by atoms with Gasteiger partial charge in [-0.25, -0.2) is 9.78 Å². The Balaban J connectivity index is 2.33. The molecule has 1 atom stereocenters. The Morgan fingerprint density at radius 1 is 1.31 bits per heavy atom. The Labute approximate surface area is 172 Å². The standard InChI is InChI=1S/C20H26INO3S/c1-6-20(18(23)24,25-19(3,4)5)15-11(2)22-17-14(16(15)21)12-9-7-8-10-13(12)26-17/h6-10H2,1-5H3,(H,23,24). The van der Waals surface area contributed by atoms with E-state index in [1.807, 2.05) is 34.6 Å². The van der Waals surface area contributed by atoms with Crippen molar-refractivity contribution in [3.8, 4) is 0 Å². The molecule has 2 aromatic heterocycles. The number of halogens is 1. The second kappa shape index (κ2) is 7.02. The number of pyridine rings is 1. The number of hydrogen-bond acceptors (Lipinski definition) is 4. The van der Waals surface area contributed by atoms with Crippen molar-refractivity contribution in [3.05, 3.63) is 25.3 Å². The van der Waals surface area contributed by atoms with Gasteiger partial charge in [-0.15, -0.1) is 11.3 Å². The number of rotatable bonds is 4. The average molecular weight is 487 g/mol. The fourth-order valence-electron chi connectivity index (χ4n) is 3.94. The van der Waals surface area contributed by atoms with E-state index in [2.05, 4.69) is 22.6 Å². The highest BCUT2D eigenvalue weighted by molar-refractivity contribution is 14.1. The van der Waals surface area contributed by atoms with E-state index in [9.17, 15) is 9.90 Å². The highest BCUT2D eigenvalue weighted by Crippen LogP contribution is 2.44. The summed E-state index contributed by atoms with van der Waals surface area (Å²) in [4.78, 5) is 19.7. The first-order chi connectivity index (χ1) is 12.1. The molecule has 4 nitrogen and oxygen atoms in total. The highest BCUT2D eigenvalue weighted by atomic mass is 127. The van der Waals surface area contributed by atoms with Crippen LogP contribution in [-0.2, 0) is 28.0 Å².